The van der Waals surface area contributed by atoms with Gasteiger partial charge in [-0.05, 0) is 0 Å². The number of benzene rings is 1. The number of hydrogen-bond donors (Lipinski definition) is 1. The molecule has 0 unspecified atom stereocenters. The summed E-state index contributed by atoms with van der Waals surface area (Å²) in [6, 6.07) is 9.75. The van der Waals surface area contributed by atoms with E-state index in [2.05, 4.69) is 0 Å². The SMILES string of the molecule is CO[C@H]1O[C@@H]2CO[C@@H](c3ccccc3)O[C@H]2C[C@]1(O)CC1OCCO1. The van der Waals surface area contributed by atoms with E-state index in [0.29, 0.717) is 26.2 Å². The second kappa shape index (κ2) is 7.28. The Hall–Kier alpha value is -1.06. The predicted octanol–water partition coefficient (Wildman–Crippen LogP) is 1.36. The van der Waals surface area contributed by atoms with Crippen LogP contribution in [-0.4, -0.2) is 62.4 Å². The lowest BCUT2D eigenvalue weighted by atomic mass is 9.86. The number of ether oxygens (including phenoxy) is 6. The van der Waals surface area contributed by atoms with Crippen molar-refractivity contribution in [2.45, 2.75) is 49.5 Å². The molecule has 0 aromatic heterocycles. The Morgan fingerprint density at radius 1 is 1.08 bits per heavy atom. The van der Waals surface area contributed by atoms with E-state index in [4.69, 9.17) is 28.4 Å². The third kappa shape index (κ3) is 3.59. The first-order valence-electron chi connectivity index (χ1n) is 8.64. The fourth-order valence-corrected chi connectivity index (χ4v) is 3.66. The van der Waals surface area contributed by atoms with Crippen LogP contribution < -0.4 is 0 Å². The molecule has 0 amide bonds. The molecule has 1 aromatic rings. The average molecular weight is 352 g/mol. The van der Waals surface area contributed by atoms with Crippen molar-refractivity contribution in [3.8, 4) is 0 Å². The molecular weight excluding hydrogens is 328 g/mol. The molecule has 3 fully saturated rings. The van der Waals surface area contributed by atoms with Gasteiger partial charge >= 0.3 is 0 Å². The molecule has 0 spiro atoms. The van der Waals surface area contributed by atoms with Crippen LogP contribution in [0.1, 0.15) is 24.7 Å². The fraction of sp³-hybridized carbons (Fsp3) is 0.667. The normalized spacial score (nSPS) is 39.3. The molecule has 3 aliphatic heterocycles. The van der Waals surface area contributed by atoms with E-state index in [0.717, 1.165) is 5.56 Å². The van der Waals surface area contributed by atoms with Gasteiger partial charge in [0.15, 0.2) is 18.9 Å². The molecule has 1 N–H and O–H groups in total. The first kappa shape index (κ1) is 17.4. The maximum atomic E-state index is 11.2. The Kier molecular flexibility index (Phi) is 5.06. The van der Waals surface area contributed by atoms with E-state index in [1.165, 1.54) is 7.11 Å². The summed E-state index contributed by atoms with van der Waals surface area (Å²) >= 11 is 0. The van der Waals surface area contributed by atoms with Crippen LogP contribution in [0.25, 0.3) is 0 Å². The van der Waals surface area contributed by atoms with Crippen molar-refractivity contribution in [2.75, 3.05) is 26.9 Å². The van der Waals surface area contributed by atoms with Crippen LogP contribution in [0.4, 0.5) is 0 Å². The molecule has 0 aliphatic carbocycles. The van der Waals surface area contributed by atoms with Gasteiger partial charge in [0, 0.05) is 25.5 Å². The Morgan fingerprint density at radius 2 is 1.84 bits per heavy atom. The second-order valence-corrected chi connectivity index (χ2v) is 6.68. The van der Waals surface area contributed by atoms with Gasteiger partial charge in [0.25, 0.3) is 0 Å². The summed E-state index contributed by atoms with van der Waals surface area (Å²) < 4.78 is 34.1. The van der Waals surface area contributed by atoms with E-state index in [9.17, 15) is 5.11 Å². The highest BCUT2D eigenvalue weighted by atomic mass is 16.7. The van der Waals surface area contributed by atoms with Crippen molar-refractivity contribution >= 4 is 0 Å². The van der Waals surface area contributed by atoms with Crippen LogP contribution in [0.5, 0.6) is 0 Å². The molecule has 138 valence electrons. The first-order valence-corrected chi connectivity index (χ1v) is 8.64. The molecule has 5 atom stereocenters. The van der Waals surface area contributed by atoms with Crippen molar-refractivity contribution in [3.05, 3.63) is 35.9 Å². The number of hydrogen-bond acceptors (Lipinski definition) is 7. The second-order valence-electron chi connectivity index (χ2n) is 6.68. The fourth-order valence-electron chi connectivity index (χ4n) is 3.66. The van der Waals surface area contributed by atoms with Gasteiger partial charge < -0.3 is 33.5 Å². The lowest BCUT2D eigenvalue weighted by molar-refractivity contribution is -0.360. The highest BCUT2D eigenvalue weighted by Crippen LogP contribution is 2.40. The zero-order valence-corrected chi connectivity index (χ0v) is 14.2. The monoisotopic (exact) mass is 352 g/mol. The van der Waals surface area contributed by atoms with Gasteiger partial charge in [-0.1, -0.05) is 30.3 Å². The Balaban J connectivity index is 1.47. The maximum absolute atomic E-state index is 11.2. The average Bonchev–Trinajstić information content (AvgIpc) is 3.13. The van der Waals surface area contributed by atoms with Gasteiger partial charge in [-0.3, -0.25) is 0 Å². The number of aliphatic hydroxyl groups is 1. The van der Waals surface area contributed by atoms with Gasteiger partial charge in [0.2, 0.25) is 0 Å². The minimum Gasteiger partial charge on any atom is -0.384 e. The molecule has 7 nitrogen and oxygen atoms in total. The van der Waals surface area contributed by atoms with E-state index in [1.54, 1.807) is 0 Å². The van der Waals surface area contributed by atoms with Gasteiger partial charge in [-0.15, -0.1) is 0 Å². The summed E-state index contributed by atoms with van der Waals surface area (Å²) in [4.78, 5) is 0. The summed E-state index contributed by atoms with van der Waals surface area (Å²) in [5.41, 5.74) is -0.301. The molecule has 0 saturated carbocycles. The van der Waals surface area contributed by atoms with E-state index < -0.39 is 24.5 Å². The first-order chi connectivity index (χ1) is 12.2. The minimum absolute atomic E-state index is 0.273. The lowest BCUT2D eigenvalue weighted by Crippen LogP contribution is -2.61. The molecule has 3 heterocycles. The summed E-state index contributed by atoms with van der Waals surface area (Å²) in [6.07, 6.45) is -1.63. The Labute approximate surface area is 146 Å². The van der Waals surface area contributed by atoms with E-state index >= 15 is 0 Å². The third-order valence-electron chi connectivity index (χ3n) is 4.91. The Morgan fingerprint density at radius 3 is 2.56 bits per heavy atom. The number of rotatable bonds is 4. The van der Waals surface area contributed by atoms with Crippen molar-refractivity contribution in [1.82, 2.24) is 0 Å². The third-order valence-corrected chi connectivity index (χ3v) is 4.91. The highest BCUT2D eigenvalue weighted by molar-refractivity contribution is 5.16. The number of methoxy groups -OCH3 is 1. The van der Waals surface area contributed by atoms with Crippen molar-refractivity contribution in [2.24, 2.45) is 0 Å². The van der Waals surface area contributed by atoms with Crippen LogP contribution in [0, 0.1) is 0 Å². The van der Waals surface area contributed by atoms with Crippen LogP contribution in [0.15, 0.2) is 30.3 Å². The van der Waals surface area contributed by atoms with Gasteiger partial charge in [-0.25, -0.2) is 0 Å². The lowest BCUT2D eigenvalue weighted by Gasteiger charge is -2.49. The predicted molar refractivity (Wildman–Crippen MR) is 85.6 cm³/mol. The molecule has 0 radical (unpaired) electrons. The van der Waals surface area contributed by atoms with Gasteiger partial charge in [-0.2, -0.15) is 0 Å². The quantitative estimate of drug-likeness (QED) is 0.877. The Bertz CT molecular complexity index is 562. The van der Waals surface area contributed by atoms with Crippen molar-refractivity contribution in [1.29, 1.82) is 0 Å². The smallest absolute Gasteiger partial charge is 0.186 e. The van der Waals surface area contributed by atoms with Crippen LogP contribution in [0.3, 0.4) is 0 Å². The molecule has 1 aromatic carbocycles. The topological polar surface area (TPSA) is 75.6 Å². The van der Waals surface area contributed by atoms with Gasteiger partial charge in [0.05, 0.1) is 25.9 Å². The molecule has 0 bridgehead atoms. The summed E-state index contributed by atoms with van der Waals surface area (Å²) in [7, 11) is 1.52. The van der Waals surface area contributed by atoms with Crippen LogP contribution >= 0.6 is 0 Å². The summed E-state index contributed by atoms with van der Waals surface area (Å²) in [6.45, 7) is 1.45. The molecular formula is C18H24O7. The van der Waals surface area contributed by atoms with E-state index in [1.807, 2.05) is 30.3 Å². The maximum Gasteiger partial charge on any atom is 0.186 e. The summed E-state index contributed by atoms with van der Waals surface area (Å²) in [5, 5.41) is 11.2. The summed E-state index contributed by atoms with van der Waals surface area (Å²) in [5.74, 6) is 0. The zero-order chi connectivity index (χ0) is 17.3. The molecule has 25 heavy (non-hydrogen) atoms. The highest BCUT2D eigenvalue weighted by Gasteiger charge is 2.52. The van der Waals surface area contributed by atoms with E-state index in [-0.39, 0.29) is 18.6 Å². The standard InChI is InChI=1S/C18H24O7/c1-20-17-18(19,10-15-21-7-8-22-15)9-13-14(25-17)11-23-16(24-13)12-5-3-2-4-6-12/h2-6,13-17,19H,7-11H2,1H3/t13-,14+,16+,17-,18-/m0/s1. The largest absolute Gasteiger partial charge is 0.384 e. The molecule has 3 aliphatic rings. The van der Waals surface area contributed by atoms with Crippen molar-refractivity contribution < 1.29 is 33.5 Å². The van der Waals surface area contributed by atoms with Crippen LogP contribution in [-0.2, 0) is 28.4 Å². The minimum atomic E-state index is -1.25. The van der Waals surface area contributed by atoms with Gasteiger partial charge in [0.1, 0.15) is 11.7 Å². The molecule has 7 heteroatoms. The number of fused-ring (bicyclic) bond motifs is 1. The molecule has 4 rings (SSSR count). The van der Waals surface area contributed by atoms with Crippen LogP contribution in [0.2, 0.25) is 0 Å². The molecule has 3 saturated heterocycles. The zero-order valence-electron chi connectivity index (χ0n) is 14.2. The van der Waals surface area contributed by atoms with Crippen molar-refractivity contribution in [3.63, 3.8) is 0 Å².